The smallest absolute Gasteiger partial charge is 0.435 e. The summed E-state index contributed by atoms with van der Waals surface area (Å²) in [5.41, 5.74) is 41.9. The van der Waals surface area contributed by atoms with Gasteiger partial charge in [0.2, 0.25) is 0 Å². The fourth-order valence-electron chi connectivity index (χ4n) is 15.0. The zero-order valence-electron chi connectivity index (χ0n) is 91.4. The molecule has 1 aliphatic heterocycles. The molecule has 16 rings (SSSR count). The molecule has 20 nitrogen and oxygen atoms in total. The summed E-state index contributed by atoms with van der Waals surface area (Å²) in [5, 5.41) is 19.5. The number of hydrogen-bond acceptors (Lipinski definition) is 19. The van der Waals surface area contributed by atoms with E-state index in [1.54, 1.807) is 82.3 Å². The Kier molecular flexibility index (Phi) is 50.8. The first kappa shape index (κ1) is 123. The molecule has 0 bridgehead atoms. The molecule has 0 radical (unpaired) electrons. The number of nitrogens with zero attached hydrogens (tertiary/aromatic N) is 7. The number of piperidine rings is 1. The number of aromatic nitrogens is 6. The van der Waals surface area contributed by atoms with Crippen LogP contribution in [0.4, 0.5) is 45.0 Å². The van der Waals surface area contributed by atoms with Gasteiger partial charge in [-0.05, 0) is 251 Å². The standard InChI is InChI=1S/C16H19FN2O3.C14H14F4N2O.C14H21N.C11H13NO.C11H15N.C11H16.C10H13ClO.C10H12N2O.C8H12N2S.C8H12N2.C7H10S/c1-5-22-16(20)11-8-9-19(18-11)12-6-7-13(21-4)15(17)14(12)10(2)3;1-8(2)12-9(4-5-10(21-3)13(12)15)20-7-6-11(19-20)14(16,17)18;1-12(2)13-8-10-15(11-9-13)14-6-4-3-5-7-14;1-7(2)8-3-4-9-10(12)6-13-11(9)5-8;1-8(2)10-4-6-11(7-5-10)9(3)12;1-4-10-5-7-11(8-6-10)9(2)3;1-7(2)8-4-5-10(12-3)9(11)6-8;1-6(2)9-5-7-8(13-9)3-4-12-10(7)11;1-5(2)6-3-4-7(11-6)8(9)10;1-6(2)7-3-4-10-8(9)5-7;1-6(2)7-4-3-5-8-7/h6-10H,5H2,1-4H3;4-8H,1-3H3;3-7,12-13H,8-11H2,1-2H3;3-7H,12H2,1-2H3;4-8H,3,12H2,1-2H3;5-9H,4H2,1-3H3;4-7H,1-3H3;3-6H,1-2H3,(H2,11,12);3-5H,1-2H3,(H3,9,10);3-6H,1-2H3,(H2,9,10);3-6H,1-2H3. The summed E-state index contributed by atoms with van der Waals surface area (Å²) >= 11 is 9.38. The number of carbonyl (C=O) groups excluding carboxylic acids is 1. The number of nitrogen functional groups attached to an aromatic ring is 4. The van der Waals surface area contributed by atoms with Crippen LogP contribution < -0.4 is 47.8 Å². The van der Waals surface area contributed by atoms with Gasteiger partial charge < -0.3 is 61.4 Å². The van der Waals surface area contributed by atoms with Crippen molar-refractivity contribution >= 4 is 96.7 Å². The number of carbonyl (C=O) groups is 1. The van der Waals surface area contributed by atoms with Gasteiger partial charge in [-0.3, -0.25) is 5.41 Å². The van der Waals surface area contributed by atoms with Gasteiger partial charge in [0.05, 0.1) is 60.3 Å². The minimum Gasteiger partial charge on any atom is -0.495 e. The van der Waals surface area contributed by atoms with Gasteiger partial charge in [-0.25, -0.2) is 32.9 Å². The number of esters is 1. The minimum absolute atomic E-state index is 0.0469. The van der Waals surface area contributed by atoms with E-state index in [0.29, 0.717) is 86.6 Å². The number of ether oxygens (including phenoxy) is 4. The third-order valence-electron chi connectivity index (χ3n) is 24.1. The lowest BCUT2D eigenvalue weighted by atomic mass is 9.86. The van der Waals surface area contributed by atoms with Crippen LogP contribution in [0.1, 0.15) is 325 Å². The van der Waals surface area contributed by atoms with Crippen molar-refractivity contribution in [2.45, 2.75) is 251 Å². The summed E-state index contributed by atoms with van der Waals surface area (Å²) in [6.07, 6.45) is 7.08. The number of anilines is 4. The topological polar surface area (TPSA) is 299 Å². The maximum atomic E-state index is 14.5. The van der Waals surface area contributed by atoms with Gasteiger partial charge in [-0.2, -0.15) is 23.4 Å². The SMILES string of the molecule is C=C(N)c1ccc(C(C)C)cc1.CC(C)C1CCN(c2ccccc2)CC1.CC(C)c1cc2c(N)nccc2o1.CC(C)c1ccc(C(=N)N)s1.CC(C)c1ccc2c(N)coc2c1.CC(C)c1cccs1.CC(C)c1ccnc(N)c1.CCOC(=O)c1ccn(-c2ccc(OC)c(F)c2C(C)C)n1.CCc1ccc(C(C)C)cc1.COc1ccc(-n2ccc(C(F)(F)F)n2)c(C(C)C)c1F.COc1ccc(C(C)C)cc1Cl. The molecule has 9 heterocycles. The zero-order valence-corrected chi connectivity index (χ0v) is 93.7. The molecule has 0 aliphatic carbocycles. The molecule has 7 aromatic carbocycles. The molecule has 1 aliphatic rings. The fraction of sp³-hybridized carbons (Fsp3) is 0.383. The number of thiophene rings is 2. The molecular weight excluding hydrogens is 1930 g/mol. The van der Waals surface area contributed by atoms with Crippen molar-refractivity contribution in [1.29, 1.82) is 5.41 Å². The number of furan rings is 2. The highest BCUT2D eigenvalue weighted by molar-refractivity contribution is 7.14. The predicted molar refractivity (Wildman–Crippen MR) is 609 cm³/mol. The molecule has 28 heteroatoms. The predicted octanol–water partition coefficient (Wildman–Crippen LogP) is 33.1. The molecule has 0 unspecified atom stereocenters. The summed E-state index contributed by atoms with van der Waals surface area (Å²) in [5.74, 6) is 7.61. The van der Waals surface area contributed by atoms with E-state index in [0.717, 1.165) is 79.1 Å². The van der Waals surface area contributed by atoms with E-state index in [-0.39, 0.29) is 52.7 Å². The fourth-order valence-corrected chi connectivity index (χ4v) is 16.9. The second-order valence-electron chi connectivity index (χ2n) is 39.0. The zero-order chi connectivity index (χ0) is 110. The largest absolute Gasteiger partial charge is 0.495 e. The minimum atomic E-state index is -4.53. The Balaban J connectivity index is 0.000000251. The number of alkyl halides is 3. The number of amidine groups is 1. The molecule has 798 valence electrons. The molecule has 0 spiro atoms. The highest BCUT2D eigenvalue weighted by Crippen LogP contribution is 2.38. The van der Waals surface area contributed by atoms with Gasteiger partial charge in [-0.1, -0.05) is 262 Å². The average Bonchev–Trinajstić information content (AvgIpc) is 1.64. The van der Waals surface area contributed by atoms with Crippen molar-refractivity contribution < 1.29 is 54.5 Å². The second-order valence-corrected chi connectivity index (χ2v) is 41.5. The van der Waals surface area contributed by atoms with E-state index in [4.69, 9.17) is 73.5 Å². The van der Waals surface area contributed by atoms with Crippen molar-refractivity contribution in [2.75, 3.05) is 63.1 Å². The number of para-hydroxylation sites is 1. The van der Waals surface area contributed by atoms with Crippen molar-refractivity contribution in [3.8, 4) is 28.6 Å². The Morgan fingerprint density at radius 1 is 0.527 bits per heavy atom. The van der Waals surface area contributed by atoms with E-state index in [1.165, 1.54) is 106 Å². The van der Waals surface area contributed by atoms with Crippen molar-refractivity contribution in [2.24, 2.45) is 23.3 Å². The van der Waals surface area contributed by atoms with Gasteiger partial charge in [0.25, 0.3) is 0 Å². The van der Waals surface area contributed by atoms with E-state index in [2.05, 4.69) is 260 Å². The van der Waals surface area contributed by atoms with Crippen molar-refractivity contribution in [3.63, 3.8) is 0 Å². The lowest BCUT2D eigenvalue weighted by molar-refractivity contribution is -0.141. The summed E-state index contributed by atoms with van der Waals surface area (Å²) in [6.45, 7) is 56.8. The first-order valence-corrected chi connectivity index (χ1v) is 52.5. The molecule has 1 saturated heterocycles. The summed E-state index contributed by atoms with van der Waals surface area (Å²) < 4.78 is 99.9. The van der Waals surface area contributed by atoms with Crippen molar-refractivity contribution in [1.82, 2.24) is 29.5 Å². The van der Waals surface area contributed by atoms with Crippen molar-refractivity contribution in [3.05, 3.63) is 342 Å². The molecule has 0 saturated carbocycles. The maximum absolute atomic E-state index is 14.5. The van der Waals surface area contributed by atoms with E-state index in [9.17, 15) is 26.7 Å². The van der Waals surface area contributed by atoms with Crippen LogP contribution in [-0.4, -0.2) is 82.4 Å². The van der Waals surface area contributed by atoms with Crippen LogP contribution >= 0.6 is 34.3 Å². The molecule has 1 fully saturated rings. The maximum Gasteiger partial charge on any atom is 0.435 e. The van der Waals surface area contributed by atoms with Crippen LogP contribution in [0, 0.1) is 28.9 Å². The first-order valence-electron chi connectivity index (χ1n) is 50.4. The number of aryl methyl sites for hydroxylation is 1. The third kappa shape index (κ3) is 38.5. The number of benzene rings is 7. The molecule has 8 aromatic heterocycles. The van der Waals surface area contributed by atoms with Crippen LogP contribution in [0.25, 0.3) is 39.0 Å². The van der Waals surface area contributed by atoms with E-state index < -0.39 is 29.5 Å². The average molecular weight is 2090 g/mol. The normalized spacial score (nSPS) is 11.7. The third-order valence-corrected chi connectivity index (χ3v) is 27.0. The molecular formula is C120H157ClF5N13O7S2. The van der Waals surface area contributed by atoms with Gasteiger partial charge in [0, 0.05) is 81.4 Å². The lowest BCUT2D eigenvalue weighted by Crippen LogP contribution is -2.35. The number of halogens is 6. The van der Waals surface area contributed by atoms with Crippen LogP contribution in [0.15, 0.2) is 252 Å². The van der Waals surface area contributed by atoms with E-state index in [1.807, 2.05) is 98.0 Å². The Hall–Kier alpha value is -13.2. The molecule has 0 amide bonds. The number of nitrogens with one attached hydrogen (secondary N) is 1. The Bertz CT molecular complexity index is 6490. The number of rotatable bonds is 22. The Morgan fingerprint density at radius 2 is 1.03 bits per heavy atom. The molecule has 148 heavy (non-hydrogen) atoms. The number of methoxy groups -OCH3 is 3. The van der Waals surface area contributed by atoms with E-state index >= 15 is 0 Å². The number of hydrogen-bond donors (Lipinski definition) is 6. The Labute approximate surface area is 888 Å². The van der Waals surface area contributed by atoms with Crippen LogP contribution in [0.5, 0.6) is 17.2 Å². The number of pyridine rings is 2. The van der Waals surface area contributed by atoms with Gasteiger partial charge in [-0.15, -0.1) is 22.7 Å². The van der Waals surface area contributed by atoms with Gasteiger partial charge in [0.15, 0.2) is 34.5 Å². The molecule has 15 aromatic rings. The molecule has 0 atom stereocenters. The first-order chi connectivity index (χ1) is 70.0. The quantitative estimate of drug-likeness (QED) is 0.0159. The van der Waals surface area contributed by atoms with Gasteiger partial charge >= 0.3 is 12.1 Å². The lowest BCUT2D eigenvalue weighted by Gasteiger charge is -2.35. The van der Waals surface area contributed by atoms with Gasteiger partial charge in [0.1, 0.15) is 46.4 Å². The monoisotopic (exact) mass is 2090 g/mol. The second kappa shape index (κ2) is 60.9. The molecule has 11 N–H and O–H groups in total. The van der Waals surface area contributed by atoms with Crippen LogP contribution in [0.2, 0.25) is 5.02 Å². The number of nitrogens with two attached hydrogens (primary N) is 5. The summed E-state index contributed by atoms with van der Waals surface area (Å²) in [6, 6.07) is 64.4. The van der Waals surface area contributed by atoms with Crippen LogP contribution in [-0.2, 0) is 17.3 Å². The summed E-state index contributed by atoms with van der Waals surface area (Å²) in [7, 11) is 4.38. The Morgan fingerprint density at radius 3 is 1.46 bits per heavy atom. The van der Waals surface area contributed by atoms with Crippen LogP contribution in [0.3, 0.4) is 0 Å². The number of fused-ring (bicyclic) bond motifs is 2. The highest BCUT2D eigenvalue weighted by atomic mass is 35.5. The highest BCUT2D eigenvalue weighted by Gasteiger charge is 2.34. The summed E-state index contributed by atoms with van der Waals surface area (Å²) in [4.78, 5) is 25.7.